The van der Waals surface area contributed by atoms with E-state index in [0.717, 1.165) is 13.0 Å². The molecule has 0 saturated heterocycles. The van der Waals surface area contributed by atoms with E-state index in [9.17, 15) is 18.0 Å². The fourth-order valence-electron chi connectivity index (χ4n) is 1.21. The molecule has 0 amide bonds. The number of hydrogen-bond acceptors (Lipinski definition) is 4. The summed E-state index contributed by atoms with van der Waals surface area (Å²) < 4.78 is 23.3. The van der Waals surface area contributed by atoms with Crippen LogP contribution >= 0.6 is 11.6 Å². The van der Waals surface area contributed by atoms with E-state index < -0.39 is 27.3 Å². The number of ketones is 1. The van der Waals surface area contributed by atoms with Gasteiger partial charge in [0.05, 0.1) is 15.5 Å². The second-order valence-electron chi connectivity index (χ2n) is 3.41. The zero-order chi connectivity index (χ0) is 13.2. The number of Topliss-reactive ketones (excluding diaryl/α,β-unsaturated/α-hetero) is 1. The molecule has 1 aromatic carbocycles. The fraction of sp³-hybridized carbons (Fsp3) is 0.200. The summed E-state index contributed by atoms with van der Waals surface area (Å²) in [6.45, 7) is 1.14. The molecule has 0 fully saturated rings. The molecule has 17 heavy (non-hydrogen) atoms. The monoisotopic (exact) mass is 276 g/mol. The van der Waals surface area contributed by atoms with Gasteiger partial charge >= 0.3 is 5.97 Å². The van der Waals surface area contributed by atoms with E-state index in [1.165, 1.54) is 12.1 Å². The van der Waals surface area contributed by atoms with E-state index in [4.69, 9.17) is 16.7 Å². The third kappa shape index (κ3) is 3.28. The normalized spacial score (nSPS) is 11.2. The molecule has 0 bridgehead atoms. The van der Waals surface area contributed by atoms with Crippen molar-refractivity contribution in [2.45, 2.75) is 11.8 Å². The van der Waals surface area contributed by atoms with Crippen LogP contribution in [0, 0.1) is 0 Å². The molecular weight excluding hydrogens is 268 g/mol. The molecule has 0 aliphatic carbocycles. The average Bonchev–Trinajstić information content (AvgIpc) is 2.15. The molecule has 0 saturated carbocycles. The minimum Gasteiger partial charge on any atom is -0.478 e. The third-order valence-electron chi connectivity index (χ3n) is 1.92. The summed E-state index contributed by atoms with van der Waals surface area (Å²) in [6.07, 6.45) is 0. The third-order valence-corrected chi connectivity index (χ3v) is 4.01. The quantitative estimate of drug-likeness (QED) is 0.898. The molecule has 0 radical (unpaired) electrons. The number of carbonyl (C=O) groups is 2. The number of aromatic carboxylic acids is 1. The summed E-state index contributed by atoms with van der Waals surface area (Å²) >= 11 is 5.60. The van der Waals surface area contributed by atoms with Crippen molar-refractivity contribution in [3.63, 3.8) is 0 Å². The van der Waals surface area contributed by atoms with Gasteiger partial charge in [-0.05, 0) is 25.1 Å². The Kier molecular flexibility index (Phi) is 3.90. The van der Waals surface area contributed by atoms with Crippen molar-refractivity contribution >= 4 is 33.2 Å². The number of carbonyl (C=O) groups excluding carboxylic acids is 1. The van der Waals surface area contributed by atoms with E-state index in [2.05, 4.69) is 0 Å². The highest BCUT2D eigenvalue weighted by Crippen LogP contribution is 2.21. The number of rotatable bonds is 4. The van der Waals surface area contributed by atoms with Gasteiger partial charge in [-0.2, -0.15) is 0 Å². The van der Waals surface area contributed by atoms with E-state index in [0.29, 0.717) is 0 Å². The topological polar surface area (TPSA) is 88.5 Å². The van der Waals surface area contributed by atoms with E-state index in [1.54, 1.807) is 0 Å². The van der Waals surface area contributed by atoms with Gasteiger partial charge < -0.3 is 5.11 Å². The maximum atomic E-state index is 11.7. The first-order valence-electron chi connectivity index (χ1n) is 4.49. The van der Waals surface area contributed by atoms with Crippen molar-refractivity contribution in [1.82, 2.24) is 0 Å². The zero-order valence-electron chi connectivity index (χ0n) is 8.81. The molecule has 5 nitrogen and oxygen atoms in total. The molecule has 0 aromatic heterocycles. The Morgan fingerprint density at radius 2 is 1.94 bits per heavy atom. The molecule has 0 heterocycles. The highest BCUT2D eigenvalue weighted by Gasteiger charge is 2.20. The number of benzene rings is 1. The standard InChI is InChI=1S/C10H9ClO5S/c1-6(12)5-17(15,16)7-2-3-9(11)8(4-7)10(13)14/h2-4H,5H2,1H3,(H,13,14). The summed E-state index contributed by atoms with van der Waals surface area (Å²) in [5.74, 6) is -2.50. The van der Waals surface area contributed by atoms with Crippen LogP contribution in [-0.2, 0) is 14.6 Å². The molecule has 92 valence electrons. The van der Waals surface area contributed by atoms with Crippen LogP contribution in [0.1, 0.15) is 17.3 Å². The van der Waals surface area contributed by atoms with Gasteiger partial charge in [-0.1, -0.05) is 11.6 Å². The van der Waals surface area contributed by atoms with Crippen molar-refractivity contribution in [2.24, 2.45) is 0 Å². The lowest BCUT2D eigenvalue weighted by atomic mass is 10.2. The Labute approximate surface area is 103 Å². The van der Waals surface area contributed by atoms with Gasteiger partial charge in [0, 0.05) is 0 Å². The maximum absolute atomic E-state index is 11.7. The predicted octanol–water partition coefficient (Wildman–Crippen LogP) is 1.40. The lowest BCUT2D eigenvalue weighted by Gasteiger charge is -2.04. The van der Waals surface area contributed by atoms with E-state index in [1.807, 2.05) is 0 Å². The van der Waals surface area contributed by atoms with Crippen LogP contribution in [-0.4, -0.2) is 31.0 Å². The largest absolute Gasteiger partial charge is 0.478 e. The number of halogens is 1. The lowest BCUT2D eigenvalue weighted by Crippen LogP contribution is -2.14. The van der Waals surface area contributed by atoms with Gasteiger partial charge in [0.1, 0.15) is 11.5 Å². The molecule has 0 aliphatic rings. The van der Waals surface area contributed by atoms with Gasteiger partial charge in [0.15, 0.2) is 9.84 Å². The Balaban J connectivity index is 3.30. The van der Waals surface area contributed by atoms with Crippen molar-refractivity contribution in [2.75, 3.05) is 5.75 Å². The van der Waals surface area contributed by atoms with Gasteiger partial charge in [-0.3, -0.25) is 4.79 Å². The number of carboxylic acid groups (broad SMARTS) is 1. The van der Waals surface area contributed by atoms with Crippen molar-refractivity contribution in [3.8, 4) is 0 Å². The fourth-order valence-corrected chi connectivity index (χ4v) is 2.69. The summed E-state index contributed by atoms with van der Waals surface area (Å²) in [4.78, 5) is 21.3. The molecule has 1 rings (SSSR count). The Morgan fingerprint density at radius 3 is 2.41 bits per heavy atom. The Morgan fingerprint density at radius 1 is 1.35 bits per heavy atom. The van der Waals surface area contributed by atoms with Crippen molar-refractivity contribution in [3.05, 3.63) is 28.8 Å². The second-order valence-corrected chi connectivity index (χ2v) is 5.80. The smallest absolute Gasteiger partial charge is 0.337 e. The molecule has 7 heteroatoms. The van der Waals surface area contributed by atoms with Gasteiger partial charge in [-0.25, -0.2) is 13.2 Å². The lowest BCUT2D eigenvalue weighted by molar-refractivity contribution is -0.114. The highest BCUT2D eigenvalue weighted by molar-refractivity contribution is 7.92. The molecule has 0 spiro atoms. The minimum absolute atomic E-state index is 0.0562. The maximum Gasteiger partial charge on any atom is 0.337 e. The summed E-state index contributed by atoms with van der Waals surface area (Å²) in [6, 6.07) is 3.30. The SMILES string of the molecule is CC(=O)CS(=O)(=O)c1ccc(Cl)c(C(=O)O)c1. The molecule has 0 unspecified atom stereocenters. The number of hydrogen-bond donors (Lipinski definition) is 1. The van der Waals surface area contributed by atoms with Crippen LogP contribution in [0.25, 0.3) is 0 Å². The van der Waals surface area contributed by atoms with Crippen LogP contribution in [0.15, 0.2) is 23.1 Å². The highest BCUT2D eigenvalue weighted by atomic mass is 35.5. The summed E-state index contributed by atoms with van der Waals surface area (Å²) in [5.41, 5.74) is -0.309. The van der Waals surface area contributed by atoms with Crippen molar-refractivity contribution < 1.29 is 23.1 Å². The summed E-state index contributed by atoms with van der Waals surface area (Å²) in [7, 11) is -3.80. The van der Waals surface area contributed by atoms with E-state index >= 15 is 0 Å². The van der Waals surface area contributed by atoms with Crippen LogP contribution in [0.2, 0.25) is 5.02 Å². The summed E-state index contributed by atoms with van der Waals surface area (Å²) in [5, 5.41) is 8.74. The minimum atomic E-state index is -3.80. The van der Waals surface area contributed by atoms with Crippen molar-refractivity contribution in [1.29, 1.82) is 0 Å². The van der Waals surface area contributed by atoms with Crippen LogP contribution < -0.4 is 0 Å². The first kappa shape index (κ1) is 13.7. The average molecular weight is 277 g/mol. The predicted molar refractivity (Wildman–Crippen MR) is 61.1 cm³/mol. The second kappa shape index (κ2) is 4.85. The van der Waals surface area contributed by atoms with Gasteiger partial charge in [-0.15, -0.1) is 0 Å². The molecule has 1 aromatic rings. The Bertz CT molecular complexity index is 576. The van der Waals surface area contributed by atoms with Crippen LogP contribution in [0.3, 0.4) is 0 Å². The van der Waals surface area contributed by atoms with Gasteiger partial charge in [0.2, 0.25) is 0 Å². The molecular formula is C10H9ClO5S. The number of sulfone groups is 1. The molecule has 0 aliphatic heterocycles. The molecule has 1 N–H and O–H groups in total. The number of carboxylic acids is 1. The van der Waals surface area contributed by atoms with Crippen LogP contribution in [0.4, 0.5) is 0 Å². The Hall–Kier alpha value is -1.40. The van der Waals surface area contributed by atoms with E-state index in [-0.39, 0.29) is 15.5 Å². The molecule has 0 atom stereocenters. The van der Waals surface area contributed by atoms with Crippen LogP contribution in [0.5, 0.6) is 0 Å². The zero-order valence-corrected chi connectivity index (χ0v) is 10.4. The first-order valence-corrected chi connectivity index (χ1v) is 6.52. The first-order chi connectivity index (χ1) is 7.74. The van der Waals surface area contributed by atoms with Gasteiger partial charge in [0.25, 0.3) is 0 Å².